The lowest BCUT2D eigenvalue weighted by Crippen LogP contribution is -2.14. The molecule has 0 aliphatic carbocycles. The molecule has 5 nitrogen and oxygen atoms in total. The molecule has 0 fully saturated rings. The van der Waals surface area contributed by atoms with E-state index in [9.17, 15) is 8.42 Å². The van der Waals surface area contributed by atoms with Crippen LogP contribution in [-0.4, -0.2) is 33.2 Å². The monoisotopic (exact) mass is 298 g/mol. The highest BCUT2D eigenvalue weighted by atomic mass is 32.2. The van der Waals surface area contributed by atoms with Gasteiger partial charge in [-0.2, -0.15) is 0 Å². The fourth-order valence-electron chi connectivity index (χ4n) is 1.68. The van der Waals surface area contributed by atoms with Crippen LogP contribution in [0.2, 0.25) is 0 Å². The summed E-state index contributed by atoms with van der Waals surface area (Å²) in [6.45, 7) is 2.92. The Labute approximate surface area is 120 Å². The van der Waals surface area contributed by atoms with Gasteiger partial charge in [0, 0.05) is 12.2 Å². The van der Waals surface area contributed by atoms with Gasteiger partial charge in [0.05, 0.1) is 17.3 Å². The topological polar surface area (TPSA) is 93.2 Å². The van der Waals surface area contributed by atoms with Gasteiger partial charge in [0.2, 0.25) is 0 Å². The Kier molecular flexibility index (Phi) is 6.67. The van der Waals surface area contributed by atoms with Gasteiger partial charge in [0.15, 0.2) is 9.84 Å². The third kappa shape index (κ3) is 5.30. The van der Waals surface area contributed by atoms with Crippen molar-refractivity contribution < 1.29 is 13.2 Å². The quantitative estimate of drug-likeness (QED) is 0.414. The fourth-order valence-corrected chi connectivity index (χ4v) is 2.81. The normalized spacial score (nSPS) is 11.4. The van der Waals surface area contributed by atoms with Crippen molar-refractivity contribution in [2.45, 2.75) is 31.1 Å². The molecule has 0 radical (unpaired) electrons. The first-order valence-electron chi connectivity index (χ1n) is 6.72. The predicted molar refractivity (Wildman–Crippen MR) is 79.9 cm³/mol. The van der Waals surface area contributed by atoms with Crippen LogP contribution in [-0.2, 0) is 14.6 Å². The first-order valence-corrected chi connectivity index (χ1v) is 8.37. The maximum atomic E-state index is 12.0. The van der Waals surface area contributed by atoms with Crippen molar-refractivity contribution in [2.75, 3.05) is 19.0 Å². The van der Waals surface area contributed by atoms with Crippen LogP contribution in [0.1, 0.15) is 31.7 Å². The largest absolute Gasteiger partial charge is 0.384 e. The zero-order valence-corrected chi connectivity index (χ0v) is 12.6. The number of ether oxygens (including phenoxy) is 1. The van der Waals surface area contributed by atoms with E-state index in [-0.39, 0.29) is 23.1 Å². The van der Waals surface area contributed by atoms with Gasteiger partial charge in [0.25, 0.3) is 0 Å². The smallest absolute Gasteiger partial charge is 0.180 e. The van der Waals surface area contributed by atoms with E-state index in [0.29, 0.717) is 12.2 Å². The third-order valence-electron chi connectivity index (χ3n) is 2.91. The van der Waals surface area contributed by atoms with E-state index < -0.39 is 9.84 Å². The summed E-state index contributed by atoms with van der Waals surface area (Å²) in [5, 5.41) is 7.26. The minimum atomic E-state index is -3.33. The molecule has 3 N–H and O–H groups in total. The van der Waals surface area contributed by atoms with E-state index >= 15 is 0 Å². The molecule has 0 saturated heterocycles. The number of benzene rings is 1. The summed E-state index contributed by atoms with van der Waals surface area (Å²) in [6.07, 6.45) is 3.17. The fraction of sp³-hybridized carbons (Fsp3) is 0.500. The maximum absolute atomic E-state index is 12.0. The van der Waals surface area contributed by atoms with E-state index in [1.165, 1.54) is 24.3 Å². The lowest BCUT2D eigenvalue weighted by Gasteiger charge is -2.06. The van der Waals surface area contributed by atoms with E-state index in [0.717, 1.165) is 19.3 Å². The molecule has 1 rings (SSSR count). The summed E-state index contributed by atoms with van der Waals surface area (Å²) in [4.78, 5) is 0.236. The number of nitrogens with two attached hydrogens (primary N) is 1. The van der Waals surface area contributed by atoms with Crippen LogP contribution in [0.25, 0.3) is 0 Å². The first kappa shape index (κ1) is 16.7. The van der Waals surface area contributed by atoms with Crippen molar-refractivity contribution in [2.24, 2.45) is 5.73 Å². The van der Waals surface area contributed by atoms with Gasteiger partial charge in [-0.05, 0) is 18.6 Å². The summed E-state index contributed by atoms with van der Waals surface area (Å²) in [5.41, 5.74) is 5.84. The number of nitrogens with one attached hydrogen (secondary N) is 1. The molecule has 0 unspecified atom stereocenters. The van der Waals surface area contributed by atoms with E-state index in [1.807, 2.05) is 0 Å². The minimum Gasteiger partial charge on any atom is -0.384 e. The highest BCUT2D eigenvalue weighted by Gasteiger charge is 2.14. The highest BCUT2D eigenvalue weighted by Crippen LogP contribution is 2.12. The second-order valence-electron chi connectivity index (χ2n) is 4.58. The van der Waals surface area contributed by atoms with Gasteiger partial charge in [-0.3, -0.25) is 5.41 Å². The number of sulfone groups is 1. The molecule has 0 aliphatic rings. The van der Waals surface area contributed by atoms with Gasteiger partial charge < -0.3 is 10.5 Å². The van der Waals surface area contributed by atoms with Crippen LogP contribution >= 0.6 is 0 Å². The Bertz CT molecular complexity index is 524. The molecule has 1 aromatic rings. The van der Waals surface area contributed by atoms with Crippen LogP contribution in [0, 0.1) is 5.41 Å². The van der Waals surface area contributed by atoms with Crippen LogP contribution in [0.5, 0.6) is 0 Å². The van der Waals surface area contributed by atoms with Crippen molar-refractivity contribution in [1.29, 1.82) is 5.41 Å². The molecule has 0 heterocycles. The SMILES string of the molecule is CCCCCOCCS(=O)(=O)c1ccc(C(=N)N)cc1. The molecule has 0 amide bonds. The van der Waals surface area contributed by atoms with Crippen LogP contribution in [0.4, 0.5) is 0 Å². The Morgan fingerprint density at radius 3 is 2.40 bits per heavy atom. The molecule has 0 atom stereocenters. The lowest BCUT2D eigenvalue weighted by molar-refractivity contribution is 0.144. The molecule has 0 bridgehead atoms. The van der Waals surface area contributed by atoms with Gasteiger partial charge in [0.1, 0.15) is 5.84 Å². The number of rotatable bonds is 9. The van der Waals surface area contributed by atoms with Gasteiger partial charge in [-0.25, -0.2) is 8.42 Å². The van der Waals surface area contributed by atoms with Gasteiger partial charge in [-0.15, -0.1) is 0 Å². The van der Waals surface area contributed by atoms with Crippen LogP contribution in [0.15, 0.2) is 29.2 Å². The minimum absolute atomic E-state index is 0.0292. The van der Waals surface area contributed by atoms with Crippen molar-refractivity contribution in [1.82, 2.24) is 0 Å². The summed E-state index contributed by atoms with van der Waals surface area (Å²) in [6, 6.07) is 6.03. The first-order chi connectivity index (χ1) is 9.47. The molecule has 0 saturated carbocycles. The van der Waals surface area contributed by atoms with Crippen molar-refractivity contribution in [3.8, 4) is 0 Å². The lowest BCUT2D eigenvalue weighted by atomic mass is 10.2. The Hall–Kier alpha value is -1.40. The number of nitrogen functional groups attached to an aromatic ring is 1. The molecule has 20 heavy (non-hydrogen) atoms. The molecule has 1 aromatic carbocycles. The zero-order chi connectivity index (χ0) is 15.0. The van der Waals surface area contributed by atoms with E-state index in [1.54, 1.807) is 0 Å². The van der Waals surface area contributed by atoms with Crippen molar-refractivity contribution in [3.63, 3.8) is 0 Å². The standard InChI is InChI=1S/C14H22N2O3S/c1-2-3-4-9-19-10-11-20(17,18)13-7-5-12(6-8-13)14(15)16/h5-8H,2-4,9-11H2,1H3,(H3,15,16). The highest BCUT2D eigenvalue weighted by molar-refractivity contribution is 7.91. The van der Waals surface area contributed by atoms with Crippen LogP contribution in [0.3, 0.4) is 0 Å². The predicted octanol–water partition coefficient (Wildman–Crippen LogP) is 1.95. The molecule has 112 valence electrons. The Morgan fingerprint density at radius 2 is 1.85 bits per heavy atom. The Balaban J connectivity index is 2.49. The van der Waals surface area contributed by atoms with Crippen LogP contribution < -0.4 is 5.73 Å². The summed E-state index contributed by atoms with van der Waals surface area (Å²) < 4.78 is 29.4. The average molecular weight is 298 g/mol. The third-order valence-corrected chi connectivity index (χ3v) is 4.61. The van der Waals surface area contributed by atoms with Crippen molar-refractivity contribution in [3.05, 3.63) is 29.8 Å². The molecular weight excluding hydrogens is 276 g/mol. The van der Waals surface area contributed by atoms with Crippen molar-refractivity contribution >= 4 is 15.7 Å². The zero-order valence-electron chi connectivity index (χ0n) is 11.8. The second kappa shape index (κ2) is 8.01. The number of unbranched alkanes of at least 4 members (excludes halogenated alkanes) is 2. The number of hydrogen-bond donors (Lipinski definition) is 2. The maximum Gasteiger partial charge on any atom is 0.180 e. The average Bonchev–Trinajstić information content (AvgIpc) is 2.43. The molecule has 0 aromatic heterocycles. The molecule has 0 spiro atoms. The van der Waals surface area contributed by atoms with Gasteiger partial charge >= 0.3 is 0 Å². The summed E-state index contributed by atoms with van der Waals surface area (Å²) >= 11 is 0. The number of amidine groups is 1. The Morgan fingerprint density at radius 1 is 1.20 bits per heavy atom. The molecule has 6 heteroatoms. The summed E-state index contributed by atoms with van der Waals surface area (Å²) in [7, 11) is -3.33. The molecule has 0 aliphatic heterocycles. The van der Waals surface area contributed by atoms with E-state index in [2.05, 4.69) is 6.92 Å². The number of hydrogen-bond acceptors (Lipinski definition) is 4. The summed E-state index contributed by atoms with van der Waals surface area (Å²) in [5.74, 6) is -0.105. The molecular formula is C14H22N2O3S. The van der Waals surface area contributed by atoms with E-state index in [4.69, 9.17) is 15.9 Å². The van der Waals surface area contributed by atoms with Gasteiger partial charge in [-0.1, -0.05) is 31.9 Å². The second-order valence-corrected chi connectivity index (χ2v) is 6.69.